The smallest absolute Gasteiger partial charge is 0.243 e. The Bertz CT molecular complexity index is 594. The fourth-order valence-corrected chi connectivity index (χ4v) is 4.21. The Hall–Kier alpha value is -0.690. The summed E-state index contributed by atoms with van der Waals surface area (Å²) >= 11 is 5.66. The van der Waals surface area contributed by atoms with Gasteiger partial charge in [0, 0.05) is 13.1 Å². The zero-order chi connectivity index (χ0) is 14.9. The van der Waals surface area contributed by atoms with E-state index >= 15 is 0 Å². The molecule has 0 saturated carbocycles. The zero-order valence-corrected chi connectivity index (χ0v) is 12.8. The highest BCUT2D eigenvalue weighted by atomic mass is 35.5. The van der Waals surface area contributed by atoms with Crippen LogP contribution < -0.4 is 5.73 Å². The standard InChI is InChI=1S/C13H18ClFN2O2S/c1-9-4-5-17(8-10(9)7-16)20(18,19)11-2-3-13(15)12(14)6-11/h2-3,6,9-10H,4-5,7-8,16H2,1H3. The van der Waals surface area contributed by atoms with Gasteiger partial charge in [-0.05, 0) is 43.0 Å². The van der Waals surface area contributed by atoms with Gasteiger partial charge >= 0.3 is 0 Å². The Balaban J connectivity index is 2.28. The first-order chi connectivity index (χ1) is 9.36. The van der Waals surface area contributed by atoms with Crippen LogP contribution >= 0.6 is 11.6 Å². The second-order valence-corrected chi connectivity index (χ2v) is 7.55. The second-order valence-electron chi connectivity index (χ2n) is 5.20. The number of hydrogen-bond donors (Lipinski definition) is 1. The summed E-state index contributed by atoms with van der Waals surface area (Å²) in [5.41, 5.74) is 5.69. The molecule has 2 atom stereocenters. The molecule has 0 spiro atoms. The summed E-state index contributed by atoms with van der Waals surface area (Å²) in [5.74, 6) is -0.0737. The molecular weight excluding hydrogens is 303 g/mol. The van der Waals surface area contributed by atoms with Gasteiger partial charge in [-0.2, -0.15) is 4.31 Å². The van der Waals surface area contributed by atoms with E-state index in [-0.39, 0.29) is 15.8 Å². The van der Waals surface area contributed by atoms with Gasteiger partial charge in [0.2, 0.25) is 10.0 Å². The van der Waals surface area contributed by atoms with Crippen LogP contribution in [0.5, 0.6) is 0 Å². The van der Waals surface area contributed by atoms with E-state index in [1.807, 2.05) is 0 Å². The van der Waals surface area contributed by atoms with Crippen LogP contribution in [0.3, 0.4) is 0 Å². The molecule has 1 aliphatic rings. The van der Waals surface area contributed by atoms with Gasteiger partial charge in [0.15, 0.2) is 0 Å². The number of piperidine rings is 1. The van der Waals surface area contributed by atoms with Crippen LogP contribution in [0.15, 0.2) is 23.1 Å². The van der Waals surface area contributed by atoms with Crippen molar-refractivity contribution in [1.29, 1.82) is 0 Å². The minimum Gasteiger partial charge on any atom is -0.330 e. The van der Waals surface area contributed by atoms with Crippen molar-refractivity contribution in [3.63, 3.8) is 0 Å². The molecule has 0 radical (unpaired) electrons. The fraction of sp³-hybridized carbons (Fsp3) is 0.538. The van der Waals surface area contributed by atoms with Crippen molar-refractivity contribution in [1.82, 2.24) is 4.31 Å². The van der Waals surface area contributed by atoms with E-state index in [0.717, 1.165) is 18.6 Å². The zero-order valence-electron chi connectivity index (χ0n) is 11.2. The van der Waals surface area contributed by atoms with E-state index in [0.29, 0.717) is 25.6 Å². The molecule has 2 rings (SSSR count). The molecule has 0 amide bonds. The Kier molecular flexibility index (Phi) is 4.69. The molecule has 1 saturated heterocycles. The summed E-state index contributed by atoms with van der Waals surface area (Å²) in [6.45, 7) is 3.39. The lowest BCUT2D eigenvalue weighted by molar-refractivity contribution is 0.203. The molecule has 1 heterocycles. The van der Waals surface area contributed by atoms with Crippen LogP contribution in [-0.4, -0.2) is 32.4 Å². The van der Waals surface area contributed by atoms with Gasteiger partial charge in [0.1, 0.15) is 5.82 Å². The van der Waals surface area contributed by atoms with Crippen LogP contribution in [0.25, 0.3) is 0 Å². The molecule has 20 heavy (non-hydrogen) atoms. The number of rotatable bonds is 3. The lowest BCUT2D eigenvalue weighted by Crippen LogP contribution is -2.45. The number of hydrogen-bond acceptors (Lipinski definition) is 3. The van der Waals surface area contributed by atoms with Gasteiger partial charge in [0.25, 0.3) is 0 Å². The third-order valence-electron chi connectivity index (χ3n) is 3.91. The first-order valence-electron chi connectivity index (χ1n) is 6.51. The molecular formula is C13H18ClFN2O2S. The van der Waals surface area contributed by atoms with Crippen molar-refractivity contribution < 1.29 is 12.8 Å². The van der Waals surface area contributed by atoms with Crippen molar-refractivity contribution in [2.75, 3.05) is 19.6 Å². The summed E-state index contributed by atoms with van der Waals surface area (Å²) < 4.78 is 39.6. The topological polar surface area (TPSA) is 63.4 Å². The maximum atomic E-state index is 13.1. The van der Waals surface area contributed by atoms with Crippen LogP contribution in [0.4, 0.5) is 4.39 Å². The lowest BCUT2D eigenvalue weighted by atomic mass is 9.88. The van der Waals surface area contributed by atoms with Gasteiger partial charge in [-0.1, -0.05) is 18.5 Å². The van der Waals surface area contributed by atoms with E-state index in [9.17, 15) is 12.8 Å². The Labute approximate surface area is 123 Å². The summed E-state index contributed by atoms with van der Waals surface area (Å²) in [5, 5.41) is -0.188. The van der Waals surface area contributed by atoms with E-state index < -0.39 is 15.8 Å². The van der Waals surface area contributed by atoms with Gasteiger partial charge in [-0.25, -0.2) is 12.8 Å². The third kappa shape index (κ3) is 2.98. The van der Waals surface area contributed by atoms with Gasteiger partial charge in [0.05, 0.1) is 9.92 Å². The normalized spacial score (nSPS) is 24.8. The molecule has 7 heteroatoms. The predicted molar refractivity (Wildman–Crippen MR) is 76.5 cm³/mol. The molecule has 2 unspecified atom stereocenters. The van der Waals surface area contributed by atoms with Crippen LogP contribution in [0.2, 0.25) is 5.02 Å². The maximum absolute atomic E-state index is 13.1. The minimum atomic E-state index is -3.64. The predicted octanol–water partition coefficient (Wildman–Crippen LogP) is 2.08. The minimum absolute atomic E-state index is 0.0224. The van der Waals surface area contributed by atoms with Crippen molar-refractivity contribution in [2.45, 2.75) is 18.2 Å². The molecule has 4 nitrogen and oxygen atoms in total. The average molecular weight is 321 g/mol. The molecule has 0 aromatic heterocycles. The number of nitrogens with zero attached hydrogens (tertiary/aromatic N) is 1. The number of benzene rings is 1. The van der Waals surface area contributed by atoms with Crippen molar-refractivity contribution in [2.24, 2.45) is 17.6 Å². The lowest BCUT2D eigenvalue weighted by Gasteiger charge is -2.35. The summed E-state index contributed by atoms with van der Waals surface area (Å²) in [6.07, 6.45) is 0.774. The number of nitrogens with two attached hydrogens (primary N) is 1. The Morgan fingerprint density at radius 1 is 1.50 bits per heavy atom. The Morgan fingerprint density at radius 3 is 2.80 bits per heavy atom. The largest absolute Gasteiger partial charge is 0.330 e. The molecule has 1 aliphatic heterocycles. The van der Waals surface area contributed by atoms with Crippen molar-refractivity contribution in [3.8, 4) is 0 Å². The number of halogens is 2. The van der Waals surface area contributed by atoms with Gasteiger partial charge in [-0.3, -0.25) is 0 Å². The first-order valence-corrected chi connectivity index (χ1v) is 8.33. The van der Waals surface area contributed by atoms with Crippen LogP contribution in [0, 0.1) is 17.7 Å². The summed E-state index contributed by atoms with van der Waals surface area (Å²) in [7, 11) is -3.64. The summed E-state index contributed by atoms with van der Waals surface area (Å²) in [4.78, 5) is 0.0224. The highest BCUT2D eigenvalue weighted by molar-refractivity contribution is 7.89. The SMILES string of the molecule is CC1CCN(S(=O)(=O)c2ccc(F)c(Cl)c2)CC1CN. The second kappa shape index (κ2) is 5.97. The van der Waals surface area contributed by atoms with Crippen molar-refractivity contribution in [3.05, 3.63) is 29.0 Å². The molecule has 1 aromatic rings. The quantitative estimate of drug-likeness (QED) is 0.927. The van der Waals surface area contributed by atoms with Crippen LogP contribution in [0.1, 0.15) is 13.3 Å². The highest BCUT2D eigenvalue weighted by Gasteiger charge is 2.33. The van der Waals surface area contributed by atoms with E-state index in [1.165, 1.54) is 10.4 Å². The van der Waals surface area contributed by atoms with Gasteiger partial charge < -0.3 is 5.73 Å². The monoisotopic (exact) mass is 320 g/mol. The van der Waals surface area contributed by atoms with Crippen LogP contribution in [-0.2, 0) is 10.0 Å². The molecule has 0 bridgehead atoms. The molecule has 1 aromatic carbocycles. The molecule has 1 fully saturated rings. The number of sulfonamides is 1. The third-order valence-corrected chi connectivity index (χ3v) is 6.06. The molecule has 2 N–H and O–H groups in total. The fourth-order valence-electron chi connectivity index (χ4n) is 2.43. The van der Waals surface area contributed by atoms with E-state index in [1.54, 1.807) is 0 Å². The molecule has 0 aliphatic carbocycles. The van der Waals surface area contributed by atoms with Gasteiger partial charge in [-0.15, -0.1) is 0 Å². The first kappa shape index (κ1) is 15.7. The van der Waals surface area contributed by atoms with E-state index in [2.05, 4.69) is 6.92 Å². The van der Waals surface area contributed by atoms with E-state index in [4.69, 9.17) is 17.3 Å². The average Bonchev–Trinajstić information content (AvgIpc) is 2.42. The highest BCUT2D eigenvalue weighted by Crippen LogP contribution is 2.28. The Morgan fingerprint density at radius 2 is 2.20 bits per heavy atom. The summed E-state index contributed by atoms with van der Waals surface area (Å²) in [6, 6.07) is 3.47. The molecule has 112 valence electrons. The maximum Gasteiger partial charge on any atom is 0.243 e. The van der Waals surface area contributed by atoms with Crippen molar-refractivity contribution >= 4 is 21.6 Å².